The highest BCUT2D eigenvalue weighted by Crippen LogP contribution is 2.30. The first kappa shape index (κ1) is 30.7. The van der Waals surface area contributed by atoms with Gasteiger partial charge in [-0.2, -0.15) is 4.98 Å². The van der Waals surface area contributed by atoms with Crippen LogP contribution in [0.5, 0.6) is 0 Å². The molecule has 45 heavy (non-hydrogen) atoms. The Hall–Kier alpha value is -4.35. The minimum absolute atomic E-state index is 0.0240. The summed E-state index contributed by atoms with van der Waals surface area (Å²) < 4.78 is 8.75. The van der Waals surface area contributed by atoms with E-state index in [9.17, 15) is 9.59 Å². The van der Waals surface area contributed by atoms with Crippen molar-refractivity contribution < 1.29 is 9.53 Å². The molecule has 0 aliphatic carbocycles. The number of hydrogen-bond donors (Lipinski definition) is 1. The van der Waals surface area contributed by atoms with Gasteiger partial charge in [-0.3, -0.25) is 9.20 Å². The third-order valence-electron chi connectivity index (χ3n) is 7.72. The average Bonchev–Trinajstić information content (AvgIpc) is 3.48. The zero-order valence-electron chi connectivity index (χ0n) is 25.7. The van der Waals surface area contributed by atoms with Gasteiger partial charge in [0.2, 0.25) is 11.7 Å². The second-order valence-corrected chi connectivity index (χ2v) is 13.2. The number of imidazole rings is 1. The molecule has 234 valence electrons. The summed E-state index contributed by atoms with van der Waals surface area (Å²) in [6.45, 7) is 11.9. The molecule has 3 aromatic heterocycles. The third-order valence-corrected chi connectivity index (χ3v) is 8.33. The Labute approximate surface area is 270 Å². The predicted octanol–water partition coefficient (Wildman–Crippen LogP) is 6.56. The van der Waals surface area contributed by atoms with E-state index in [4.69, 9.17) is 27.9 Å². The molecular formula is C32H34Cl2N8O3. The van der Waals surface area contributed by atoms with Gasteiger partial charge in [-0.15, -0.1) is 0 Å². The molecule has 1 N–H and O–H groups in total. The van der Waals surface area contributed by atoms with Crippen molar-refractivity contribution in [1.29, 1.82) is 0 Å². The standard InChI is InChI=1S/C32H34Cl2N8O3/c1-19(2)25-18-39(15-16-40(25)31(44)45-32(3,4)5)21-11-9-20(10-12-21)37-29-36-17-22-27(38-29)41-14-13-35-30(41)42(28(22)43)26-23(33)7-6-8-24(26)34/h6-14,17,19,25H,15-16,18H2,1-5H3,(H,36,37,38)/t25-/m1/s1. The fourth-order valence-corrected chi connectivity index (χ4v) is 6.12. The number of fused-ring (bicyclic) bond motifs is 3. The number of benzene rings is 2. The Bertz CT molecular complexity index is 1930. The molecule has 1 aliphatic rings. The number of nitrogens with one attached hydrogen (secondary N) is 1. The number of aromatic nitrogens is 5. The van der Waals surface area contributed by atoms with Crippen molar-refractivity contribution in [2.45, 2.75) is 46.3 Å². The number of carbonyl (C=O) groups is 1. The van der Waals surface area contributed by atoms with Crippen LogP contribution in [0.25, 0.3) is 22.5 Å². The molecule has 0 radical (unpaired) electrons. The van der Waals surface area contributed by atoms with E-state index in [1.165, 1.54) is 10.8 Å². The van der Waals surface area contributed by atoms with Gasteiger partial charge in [0.05, 0.1) is 21.8 Å². The first-order chi connectivity index (χ1) is 21.4. The summed E-state index contributed by atoms with van der Waals surface area (Å²) in [6, 6.07) is 13.0. The van der Waals surface area contributed by atoms with Crippen molar-refractivity contribution in [3.05, 3.63) is 81.5 Å². The van der Waals surface area contributed by atoms with E-state index in [1.54, 1.807) is 35.0 Å². The predicted molar refractivity (Wildman–Crippen MR) is 177 cm³/mol. The molecule has 0 unspecified atom stereocenters. The highest BCUT2D eigenvalue weighted by Gasteiger charge is 2.35. The maximum Gasteiger partial charge on any atom is 0.410 e. The lowest BCUT2D eigenvalue weighted by atomic mass is 9.99. The molecule has 5 aromatic rings. The molecule has 1 atom stereocenters. The fraction of sp³-hybridized carbons (Fsp3) is 0.344. The normalized spacial score (nSPS) is 15.7. The van der Waals surface area contributed by atoms with E-state index in [-0.39, 0.29) is 29.0 Å². The Morgan fingerprint density at radius 3 is 2.42 bits per heavy atom. The number of anilines is 3. The van der Waals surface area contributed by atoms with Gasteiger partial charge in [-0.1, -0.05) is 43.1 Å². The van der Waals surface area contributed by atoms with Gasteiger partial charge in [0.15, 0.2) is 5.65 Å². The molecule has 0 saturated carbocycles. The zero-order valence-corrected chi connectivity index (χ0v) is 27.2. The number of halogens is 2. The summed E-state index contributed by atoms with van der Waals surface area (Å²) in [5.74, 6) is 0.908. The molecular weight excluding hydrogens is 615 g/mol. The molecule has 1 amide bonds. The van der Waals surface area contributed by atoms with Gasteiger partial charge >= 0.3 is 6.09 Å². The molecule has 13 heteroatoms. The smallest absolute Gasteiger partial charge is 0.410 e. The quantitative estimate of drug-likeness (QED) is 0.228. The van der Waals surface area contributed by atoms with Gasteiger partial charge in [0.1, 0.15) is 11.0 Å². The Morgan fingerprint density at radius 1 is 1.04 bits per heavy atom. The second kappa shape index (κ2) is 11.9. The van der Waals surface area contributed by atoms with E-state index in [0.29, 0.717) is 52.7 Å². The van der Waals surface area contributed by atoms with Crippen molar-refractivity contribution in [2.75, 3.05) is 29.9 Å². The number of rotatable bonds is 5. The van der Waals surface area contributed by atoms with Crippen LogP contribution in [-0.2, 0) is 4.74 Å². The van der Waals surface area contributed by atoms with E-state index in [0.717, 1.165) is 11.4 Å². The van der Waals surface area contributed by atoms with Crippen molar-refractivity contribution in [2.24, 2.45) is 5.92 Å². The highest BCUT2D eigenvalue weighted by atomic mass is 35.5. The van der Waals surface area contributed by atoms with Crippen molar-refractivity contribution in [3.8, 4) is 5.69 Å². The molecule has 2 aromatic carbocycles. The van der Waals surface area contributed by atoms with Crippen LogP contribution >= 0.6 is 23.2 Å². The van der Waals surface area contributed by atoms with E-state index in [2.05, 4.69) is 39.0 Å². The zero-order chi connectivity index (χ0) is 32.0. The molecule has 0 spiro atoms. The number of piperazine rings is 1. The minimum Gasteiger partial charge on any atom is -0.444 e. The maximum absolute atomic E-state index is 13.6. The number of para-hydroxylation sites is 1. The Balaban J connectivity index is 1.24. The minimum atomic E-state index is -0.540. The molecule has 6 rings (SSSR count). The van der Waals surface area contributed by atoms with Crippen LogP contribution in [0.15, 0.2) is 65.8 Å². The fourth-order valence-electron chi connectivity index (χ4n) is 5.56. The monoisotopic (exact) mass is 648 g/mol. The summed E-state index contributed by atoms with van der Waals surface area (Å²) in [5.41, 5.74) is 1.64. The molecule has 11 nitrogen and oxygen atoms in total. The molecule has 0 bridgehead atoms. The lowest BCUT2D eigenvalue weighted by Crippen LogP contribution is -2.58. The van der Waals surface area contributed by atoms with E-state index >= 15 is 0 Å². The molecule has 1 saturated heterocycles. The van der Waals surface area contributed by atoms with Crippen LogP contribution in [-0.4, -0.2) is 66.2 Å². The first-order valence-corrected chi connectivity index (χ1v) is 15.5. The van der Waals surface area contributed by atoms with Crippen molar-refractivity contribution >= 4 is 63.4 Å². The lowest BCUT2D eigenvalue weighted by molar-refractivity contribution is 0.00883. The van der Waals surface area contributed by atoms with Gasteiger partial charge in [0, 0.05) is 49.6 Å². The summed E-state index contributed by atoms with van der Waals surface area (Å²) in [6.07, 6.45) is 4.52. The average molecular weight is 650 g/mol. The van der Waals surface area contributed by atoms with Crippen LogP contribution in [0, 0.1) is 5.92 Å². The number of nitrogens with zero attached hydrogens (tertiary/aromatic N) is 7. The summed E-state index contributed by atoms with van der Waals surface area (Å²) in [4.78, 5) is 44.2. The van der Waals surface area contributed by atoms with E-state index < -0.39 is 5.60 Å². The van der Waals surface area contributed by atoms with Crippen LogP contribution in [0.3, 0.4) is 0 Å². The topological polar surface area (TPSA) is 110 Å². The highest BCUT2D eigenvalue weighted by molar-refractivity contribution is 6.37. The number of hydrogen-bond acceptors (Lipinski definition) is 8. The largest absolute Gasteiger partial charge is 0.444 e. The van der Waals surface area contributed by atoms with Crippen LogP contribution in [0.1, 0.15) is 34.6 Å². The Kier molecular flexibility index (Phi) is 8.09. The van der Waals surface area contributed by atoms with Crippen molar-refractivity contribution in [1.82, 2.24) is 28.8 Å². The SMILES string of the molecule is CC(C)[C@H]1CN(c2ccc(Nc3ncc4c(=O)n(-c5c(Cl)cccc5Cl)c5nccn5c4n3)cc2)CCN1C(=O)OC(C)(C)C. The first-order valence-electron chi connectivity index (χ1n) is 14.7. The van der Waals surface area contributed by atoms with Crippen LogP contribution in [0.4, 0.5) is 22.1 Å². The molecule has 1 aliphatic heterocycles. The number of ether oxygens (including phenoxy) is 1. The lowest BCUT2D eigenvalue weighted by Gasteiger charge is -2.44. The number of carbonyl (C=O) groups excluding carboxylic acids is 1. The second-order valence-electron chi connectivity index (χ2n) is 12.3. The number of amides is 1. The van der Waals surface area contributed by atoms with Gasteiger partial charge < -0.3 is 19.9 Å². The maximum atomic E-state index is 13.6. The van der Waals surface area contributed by atoms with E-state index in [1.807, 2.05) is 49.9 Å². The van der Waals surface area contributed by atoms with Crippen LogP contribution < -0.4 is 15.8 Å². The third kappa shape index (κ3) is 6.02. The van der Waals surface area contributed by atoms with Gasteiger partial charge in [-0.05, 0) is 63.1 Å². The van der Waals surface area contributed by atoms with Crippen LogP contribution in [0.2, 0.25) is 10.0 Å². The molecule has 4 heterocycles. The Morgan fingerprint density at radius 2 is 1.76 bits per heavy atom. The van der Waals surface area contributed by atoms with Gasteiger partial charge in [0.25, 0.3) is 5.56 Å². The summed E-state index contributed by atoms with van der Waals surface area (Å²) >= 11 is 12.9. The summed E-state index contributed by atoms with van der Waals surface area (Å²) in [7, 11) is 0. The molecule has 1 fully saturated rings. The summed E-state index contributed by atoms with van der Waals surface area (Å²) in [5, 5.41) is 4.16. The van der Waals surface area contributed by atoms with Crippen molar-refractivity contribution in [3.63, 3.8) is 0 Å². The van der Waals surface area contributed by atoms with Gasteiger partial charge in [-0.25, -0.2) is 19.3 Å².